The minimum absolute atomic E-state index is 0. The molecule has 0 saturated carbocycles. The van der Waals surface area contributed by atoms with Gasteiger partial charge in [-0.2, -0.15) is 0 Å². The van der Waals surface area contributed by atoms with Crippen molar-refractivity contribution in [3.05, 3.63) is 0 Å². The standard InChI is InChI=1S/C13H36O4Si4.4CH4/c1-18(2,3)15-20(7,8)17-21(9,13-11-10-12-14)16-19(4,5)6;;;;/h14H,10-13H2,1-9H3;4*1H4. The van der Waals surface area contributed by atoms with Crippen molar-refractivity contribution in [3.8, 4) is 0 Å². The molecule has 8 heteroatoms. The van der Waals surface area contributed by atoms with E-state index >= 15 is 0 Å². The summed E-state index contributed by atoms with van der Waals surface area (Å²) in [6.45, 7) is 19.9. The first-order chi connectivity index (χ1) is 9.18. The van der Waals surface area contributed by atoms with E-state index in [1.54, 1.807) is 0 Å². The second-order valence-corrected chi connectivity index (χ2v) is 24.7. The lowest BCUT2D eigenvalue weighted by Crippen LogP contribution is -2.56. The monoisotopic (exact) mass is 432 g/mol. The van der Waals surface area contributed by atoms with Crippen molar-refractivity contribution in [2.45, 2.75) is 108 Å². The molecule has 0 bridgehead atoms. The van der Waals surface area contributed by atoms with Gasteiger partial charge in [0, 0.05) is 6.61 Å². The van der Waals surface area contributed by atoms with Crippen molar-refractivity contribution in [2.75, 3.05) is 6.61 Å². The Kier molecular flexibility index (Phi) is 20.2. The van der Waals surface area contributed by atoms with Crippen molar-refractivity contribution in [3.63, 3.8) is 0 Å². The van der Waals surface area contributed by atoms with E-state index in [0.29, 0.717) is 0 Å². The Balaban J connectivity index is -0.000000333. The minimum Gasteiger partial charge on any atom is -0.437 e. The second-order valence-electron chi connectivity index (χ2n) is 8.25. The molecular weight excluding hydrogens is 381 g/mol. The Hall–Kier alpha value is 0.708. The van der Waals surface area contributed by atoms with Crippen LogP contribution in [0.25, 0.3) is 0 Å². The summed E-state index contributed by atoms with van der Waals surface area (Å²) in [5, 5.41) is 9.01. The predicted molar refractivity (Wildman–Crippen MR) is 127 cm³/mol. The van der Waals surface area contributed by atoms with Gasteiger partial charge >= 0.3 is 17.1 Å². The Morgan fingerprint density at radius 2 is 1.00 bits per heavy atom. The molecule has 1 N–H and O–H groups in total. The first kappa shape index (κ1) is 36.6. The Bertz CT molecular complexity index is 315. The zero-order valence-corrected chi connectivity index (χ0v) is 19.5. The number of unbranched alkanes of at least 4 members (excludes halogenated alkanes) is 1. The maximum Gasteiger partial charge on any atom is 0.315 e. The Morgan fingerprint density at radius 1 is 0.600 bits per heavy atom. The molecule has 0 aromatic rings. The van der Waals surface area contributed by atoms with Crippen LogP contribution in [0.1, 0.15) is 42.5 Å². The van der Waals surface area contributed by atoms with Crippen LogP contribution in [0, 0.1) is 0 Å². The lowest BCUT2D eigenvalue weighted by Gasteiger charge is -2.41. The highest BCUT2D eigenvalue weighted by Gasteiger charge is 2.43. The van der Waals surface area contributed by atoms with E-state index in [9.17, 15) is 0 Å². The van der Waals surface area contributed by atoms with Gasteiger partial charge in [0.05, 0.1) is 0 Å². The lowest BCUT2D eigenvalue weighted by molar-refractivity contribution is 0.282. The first-order valence-corrected chi connectivity index (χ1v) is 20.1. The smallest absolute Gasteiger partial charge is 0.315 e. The van der Waals surface area contributed by atoms with Crippen molar-refractivity contribution in [2.24, 2.45) is 0 Å². The molecule has 0 saturated heterocycles. The number of rotatable bonds is 10. The second kappa shape index (κ2) is 13.8. The zero-order chi connectivity index (χ0) is 16.9. The van der Waals surface area contributed by atoms with Crippen LogP contribution in [-0.2, 0) is 12.3 Å². The van der Waals surface area contributed by atoms with Gasteiger partial charge in [0.1, 0.15) is 0 Å². The number of aliphatic hydroxyl groups excluding tert-OH is 1. The Morgan fingerprint density at radius 3 is 1.32 bits per heavy atom. The average Bonchev–Trinajstić information content (AvgIpc) is 2.08. The van der Waals surface area contributed by atoms with E-state index < -0.39 is 33.8 Å². The van der Waals surface area contributed by atoms with Gasteiger partial charge in [0.15, 0.2) is 16.6 Å². The van der Waals surface area contributed by atoms with Crippen molar-refractivity contribution in [1.82, 2.24) is 0 Å². The topological polar surface area (TPSA) is 47.9 Å². The predicted octanol–water partition coefficient (Wildman–Crippen LogP) is 6.80. The van der Waals surface area contributed by atoms with Gasteiger partial charge in [-0.3, -0.25) is 0 Å². The number of hydrogen-bond acceptors (Lipinski definition) is 4. The highest BCUT2D eigenvalue weighted by atomic mass is 28.5. The normalized spacial score (nSPS) is 14.2. The molecule has 0 aliphatic heterocycles. The molecule has 0 aliphatic rings. The van der Waals surface area contributed by atoms with Crippen LogP contribution in [0.3, 0.4) is 0 Å². The summed E-state index contributed by atoms with van der Waals surface area (Å²) in [7, 11) is -7.70. The van der Waals surface area contributed by atoms with Crippen molar-refractivity contribution < 1.29 is 17.5 Å². The first-order valence-electron chi connectivity index (χ1n) is 7.89. The third-order valence-corrected chi connectivity index (χ3v) is 16.1. The number of aliphatic hydroxyl groups is 1. The van der Waals surface area contributed by atoms with Gasteiger partial charge in [-0.1, -0.05) is 29.7 Å². The average molecular weight is 433 g/mol. The molecule has 0 radical (unpaired) electrons. The zero-order valence-electron chi connectivity index (χ0n) is 15.5. The molecule has 0 amide bonds. The molecule has 0 aromatic carbocycles. The minimum atomic E-state index is -2.25. The quantitative estimate of drug-likeness (QED) is 0.304. The molecule has 0 aliphatic carbocycles. The van der Waals surface area contributed by atoms with E-state index in [-0.39, 0.29) is 36.3 Å². The van der Waals surface area contributed by atoms with Gasteiger partial charge in [-0.05, 0) is 77.8 Å². The SMILES string of the molecule is C.C.C.C.C[Si](C)(C)O[Si](C)(C)O[Si](C)(CCCCO)O[Si](C)(C)C. The van der Waals surface area contributed by atoms with Crippen LogP contribution in [0.15, 0.2) is 0 Å². The highest BCUT2D eigenvalue weighted by molar-refractivity contribution is 6.89. The van der Waals surface area contributed by atoms with Crippen LogP contribution < -0.4 is 0 Å². The third-order valence-electron chi connectivity index (χ3n) is 2.57. The molecular formula is C17H52O4Si4. The summed E-state index contributed by atoms with van der Waals surface area (Å²) >= 11 is 0. The van der Waals surface area contributed by atoms with E-state index in [1.807, 2.05) is 0 Å². The molecule has 0 fully saturated rings. The molecule has 1 atom stereocenters. The summed E-state index contributed by atoms with van der Waals surface area (Å²) < 4.78 is 19.3. The summed E-state index contributed by atoms with van der Waals surface area (Å²) in [6.07, 6.45) is 1.78. The summed E-state index contributed by atoms with van der Waals surface area (Å²) in [5.74, 6) is 0. The molecule has 1 unspecified atom stereocenters. The Labute approximate surface area is 165 Å². The molecule has 0 spiro atoms. The van der Waals surface area contributed by atoms with E-state index in [0.717, 1.165) is 18.9 Å². The summed E-state index contributed by atoms with van der Waals surface area (Å²) in [5.41, 5.74) is 0. The molecule has 25 heavy (non-hydrogen) atoms. The van der Waals surface area contributed by atoms with Gasteiger partial charge in [0.2, 0.25) is 0 Å². The molecule has 4 nitrogen and oxygen atoms in total. The lowest BCUT2D eigenvalue weighted by atomic mass is 10.4. The van der Waals surface area contributed by atoms with E-state index in [1.165, 1.54) is 0 Å². The van der Waals surface area contributed by atoms with Crippen LogP contribution in [0.5, 0.6) is 0 Å². The van der Waals surface area contributed by atoms with Crippen LogP contribution in [0.2, 0.25) is 65.0 Å². The molecule has 0 aromatic heterocycles. The van der Waals surface area contributed by atoms with Gasteiger partial charge in [-0.15, -0.1) is 0 Å². The molecule has 160 valence electrons. The van der Waals surface area contributed by atoms with Crippen LogP contribution in [-0.4, -0.2) is 45.5 Å². The molecule has 0 heterocycles. The van der Waals surface area contributed by atoms with Gasteiger partial charge in [-0.25, -0.2) is 0 Å². The maximum atomic E-state index is 9.01. The third kappa shape index (κ3) is 20.9. The van der Waals surface area contributed by atoms with Crippen molar-refractivity contribution in [1.29, 1.82) is 0 Å². The van der Waals surface area contributed by atoms with Crippen LogP contribution >= 0.6 is 0 Å². The van der Waals surface area contributed by atoms with Crippen LogP contribution in [0.4, 0.5) is 0 Å². The molecule has 0 rings (SSSR count). The highest BCUT2D eigenvalue weighted by Crippen LogP contribution is 2.28. The van der Waals surface area contributed by atoms with E-state index in [4.69, 9.17) is 17.5 Å². The fourth-order valence-corrected chi connectivity index (χ4v) is 20.6. The van der Waals surface area contributed by atoms with Gasteiger partial charge < -0.3 is 17.5 Å². The fraction of sp³-hybridized carbons (Fsp3) is 1.00. The van der Waals surface area contributed by atoms with Gasteiger partial charge in [0.25, 0.3) is 0 Å². The maximum absolute atomic E-state index is 9.01. The van der Waals surface area contributed by atoms with Crippen molar-refractivity contribution >= 4 is 33.8 Å². The largest absolute Gasteiger partial charge is 0.437 e. The fourth-order valence-electron chi connectivity index (χ4n) is 2.61. The number of hydrogen-bond donors (Lipinski definition) is 1. The summed E-state index contributed by atoms with van der Waals surface area (Å²) in [4.78, 5) is 0. The summed E-state index contributed by atoms with van der Waals surface area (Å²) in [6, 6.07) is 0.934. The van der Waals surface area contributed by atoms with E-state index in [2.05, 4.69) is 58.9 Å².